The minimum Gasteiger partial charge on any atom is -0.177 e. The monoisotopic (exact) mass is 288 g/mol. The maximum absolute atomic E-state index is 11.5. The van der Waals surface area contributed by atoms with Gasteiger partial charge in [-0.3, -0.25) is 0 Å². The van der Waals surface area contributed by atoms with Gasteiger partial charge in [0.15, 0.2) is 6.66 Å². The number of hydrogen-bond acceptors (Lipinski definition) is 5. The maximum Gasteiger partial charge on any atom is 0.676 e. The molecule has 0 saturated carbocycles. The van der Waals surface area contributed by atoms with Gasteiger partial charge in [-0.15, -0.1) is 4.21 Å². The first-order chi connectivity index (χ1) is 6.52. The molecule has 0 aromatic carbocycles. The predicted octanol–water partition coefficient (Wildman–Crippen LogP) is 3.60. The van der Waals surface area contributed by atoms with Crippen LogP contribution in [0.15, 0.2) is 0 Å². The average molecular weight is 288 g/mol. The van der Waals surface area contributed by atoms with Crippen molar-refractivity contribution in [1.29, 1.82) is 0 Å². The fraction of sp³-hybridized carbons (Fsp3) is 1.00. The predicted molar refractivity (Wildman–Crippen MR) is 65.2 cm³/mol. The van der Waals surface area contributed by atoms with E-state index in [1.54, 1.807) is 13.1 Å². The molecule has 0 spiro atoms. The van der Waals surface area contributed by atoms with E-state index in [1.807, 2.05) is 19.6 Å². The van der Waals surface area contributed by atoms with E-state index in [4.69, 9.17) is 12.6 Å². The van der Waals surface area contributed by atoms with Crippen molar-refractivity contribution in [3.05, 3.63) is 0 Å². The van der Waals surface area contributed by atoms with Gasteiger partial charge in [-0.25, -0.2) is 0 Å². The van der Waals surface area contributed by atoms with Crippen molar-refractivity contribution in [2.24, 2.45) is 0 Å². The van der Waals surface area contributed by atoms with Gasteiger partial charge in [-0.05, 0) is 37.3 Å². The van der Waals surface area contributed by atoms with Crippen molar-refractivity contribution in [2.45, 2.75) is 32.7 Å². The Balaban J connectivity index is 4.22. The molecule has 0 aliphatic carbocycles. The zero-order valence-corrected chi connectivity index (χ0v) is 13.7. The molecule has 0 aliphatic rings. The van der Waals surface area contributed by atoms with E-state index in [0.717, 1.165) is 0 Å². The van der Waals surface area contributed by atoms with Crippen molar-refractivity contribution < 1.29 is 21.8 Å². The Morgan fingerprint density at radius 3 is 1.67 bits per heavy atom. The molecular weight excluding hydrogens is 270 g/mol. The van der Waals surface area contributed by atoms with E-state index >= 15 is 0 Å². The van der Waals surface area contributed by atoms with Crippen molar-refractivity contribution in [1.82, 2.24) is 0 Å². The first-order valence-corrected chi connectivity index (χ1v) is 13.4. The molecule has 9 heteroatoms. The van der Waals surface area contributed by atoms with Crippen LogP contribution in [0.4, 0.5) is 0 Å². The van der Waals surface area contributed by atoms with Gasteiger partial charge in [0.1, 0.15) is 0 Å². The van der Waals surface area contributed by atoms with Crippen LogP contribution in [-0.4, -0.2) is 23.5 Å². The Morgan fingerprint density at radius 1 is 0.867 bits per heavy atom. The summed E-state index contributed by atoms with van der Waals surface area (Å²) < 4.78 is 37.9. The van der Waals surface area contributed by atoms with E-state index in [9.17, 15) is 9.13 Å². The van der Waals surface area contributed by atoms with Crippen molar-refractivity contribution >= 4 is 33.2 Å². The van der Waals surface area contributed by atoms with Gasteiger partial charge in [0.2, 0.25) is 0 Å². The average Bonchev–Trinajstić information content (AvgIpc) is 1.73. The van der Waals surface area contributed by atoms with Crippen LogP contribution in [0.5, 0.6) is 0 Å². The zero-order valence-electron chi connectivity index (χ0n) is 9.94. The Bertz CT molecular complexity index is 263. The van der Waals surface area contributed by atoms with Gasteiger partial charge in [0.05, 0.1) is 0 Å². The van der Waals surface area contributed by atoms with Gasteiger partial charge < -0.3 is 0 Å². The molecule has 0 aromatic rings. The SMILES string of the molecule is C[P+](=O)O[Si](C)(C)O[P+](=O)O[Si](C)(C)C. The molecule has 0 amide bonds. The molecular formula is C6H18O5P2Si2+2. The third kappa shape index (κ3) is 9.44. The standard InChI is InChI=1S/C6H18O5P2Si2/c1-12(7)9-15(5,6)11-13(8)10-14(2,3)4/h1-6H3/q+2. The maximum atomic E-state index is 11.5. The first-order valence-electron chi connectivity index (χ1n) is 4.47. The second-order valence-corrected chi connectivity index (χ2v) is 15.0. The molecule has 0 bridgehead atoms. The fourth-order valence-electron chi connectivity index (χ4n) is 0.748. The van der Waals surface area contributed by atoms with Gasteiger partial charge in [0.25, 0.3) is 8.32 Å². The van der Waals surface area contributed by atoms with Gasteiger partial charge in [0, 0.05) is 4.57 Å². The normalized spacial score (nSPS) is 15.1. The minimum atomic E-state index is -2.60. The molecule has 5 nitrogen and oxygen atoms in total. The summed E-state index contributed by atoms with van der Waals surface area (Å²) in [6, 6.07) is 0. The highest BCUT2D eigenvalue weighted by molar-refractivity contribution is 7.41. The van der Waals surface area contributed by atoms with Crippen LogP contribution in [-0.2, 0) is 21.8 Å². The summed E-state index contributed by atoms with van der Waals surface area (Å²) in [4.78, 5) is 0. The molecule has 0 saturated heterocycles. The largest absolute Gasteiger partial charge is 0.676 e. The molecule has 0 radical (unpaired) electrons. The first kappa shape index (κ1) is 15.5. The van der Waals surface area contributed by atoms with Gasteiger partial charge in [-0.2, -0.15) is 8.43 Å². The summed E-state index contributed by atoms with van der Waals surface area (Å²) in [5.41, 5.74) is 0. The van der Waals surface area contributed by atoms with Crippen LogP contribution in [0.1, 0.15) is 0 Å². The lowest BCUT2D eigenvalue weighted by Gasteiger charge is -2.09. The lowest BCUT2D eigenvalue weighted by molar-refractivity contribution is 0.362. The highest BCUT2D eigenvalue weighted by Crippen LogP contribution is 2.36. The third-order valence-electron chi connectivity index (χ3n) is 0.991. The minimum absolute atomic E-state index is 1.44. The summed E-state index contributed by atoms with van der Waals surface area (Å²) >= 11 is 0. The summed E-state index contributed by atoms with van der Waals surface area (Å²) in [5, 5.41) is 0. The van der Waals surface area contributed by atoms with Crippen LogP contribution in [0.2, 0.25) is 32.7 Å². The fourth-order valence-corrected chi connectivity index (χ4v) is 7.37. The highest BCUT2D eigenvalue weighted by Gasteiger charge is 2.46. The number of rotatable bonds is 6. The Hall–Kier alpha value is 0.514. The van der Waals surface area contributed by atoms with Crippen molar-refractivity contribution in [3.8, 4) is 0 Å². The van der Waals surface area contributed by atoms with E-state index in [0.29, 0.717) is 0 Å². The molecule has 0 N–H and O–H groups in total. The molecule has 0 fully saturated rings. The smallest absolute Gasteiger partial charge is 0.177 e. The number of hydrogen-bond donors (Lipinski definition) is 0. The molecule has 2 unspecified atom stereocenters. The Morgan fingerprint density at radius 2 is 1.33 bits per heavy atom. The summed E-state index contributed by atoms with van der Waals surface area (Å²) in [6.07, 6.45) is 0. The van der Waals surface area contributed by atoms with Gasteiger partial charge >= 0.3 is 24.8 Å². The van der Waals surface area contributed by atoms with Gasteiger partial charge in [-0.1, -0.05) is 0 Å². The second-order valence-electron chi connectivity index (χ2n) is 4.45. The lowest BCUT2D eigenvalue weighted by atomic mass is 11.8. The third-order valence-corrected chi connectivity index (χ3v) is 8.92. The highest BCUT2D eigenvalue weighted by atomic mass is 31.1. The van der Waals surface area contributed by atoms with Crippen molar-refractivity contribution in [2.75, 3.05) is 6.66 Å². The van der Waals surface area contributed by atoms with E-state index in [2.05, 4.69) is 0 Å². The van der Waals surface area contributed by atoms with Crippen LogP contribution < -0.4 is 0 Å². The van der Waals surface area contributed by atoms with Crippen LogP contribution in [0, 0.1) is 0 Å². The summed E-state index contributed by atoms with van der Waals surface area (Å²) in [6.45, 7) is 10.6. The molecule has 0 aromatic heterocycles. The Kier molecular flexibility index (Phi) is 5.92. The molecule has 2 atom stereocenters. The molecule has 88 valence electrons. The summed E-state index contributed by atoms with van der Waals surface area (Å²) in [7, 11) is -8.38. The molecule has 0 rings (SSSR count). The molecule has 0 aliphatic heterocycles. The zero-order chi connectivity index (χ0) is 12.3. The molecule has 15 heavy (non-hydrogen) atoms. The second kappa shape index (κ2) is 5.73. The molecule has 0 heterocycles. The van der Waals surface area contributed by atoms with Crippen molar-refractivity contribution in [3.63, 3.8) is 0 Å². The lowest BCUT2D eigenvalue weighted by Crippen LogP contribution is -2.31. The van der Waals surface area contributed by atoms with Crippen LogP contribution >= 0.6 is 16.3 Å². The van der Waals surface area contributed by atoms with E-state index < -0.39 is 33.2 Å². The quantitative estimate of drug-likeness (QED) is 0.552. The van der Waals surface area contributed by atoms with E-state index in [1.165, 1.54) is 6.66 Å². The topological polar surface area (TPSA) is 61.8 Å². The Labute approximate surface area is 94.7 Å². The van der Waals surface area contributed by atoms with E-state index in [-0.39, 0.29) is 0 Å². The summed E-state index contributed by atoms with van der Waals surface area (Å²) in [5.74, 6) is 0. The van der Waals surface area contributed by atoms with Crippen LogP contribution in [0.3, 0.4) is 0 Å². The van der Waals surface area contributed by atoms with Crippen LogP contribution in [0.25, 0.3) is 0 Å².